The summed E-state index contributed by atoms with van der Waals surface area (Å²) in [5.41, 5.74) is 3.94. The highest BCUT2D eigenvalue weighted by atomic mass is 16.5. The number of carbonyl (C=O) groups is 4. The Kier molecular flexibility index (Phi) is 10.8. The lowest BCUT2D eigenvalue weighted by Gasteiger charge is -2.30. The number of ether oxygens (including phenoxy) is 2. The van der Waals surface area contributed by atoms with Gasteiger partial charge >= 0.3 is 18.0 Å². The van der Waals surface area contributed by atoms with Crippen LogP contribution >= 0.6 is 0 Å². The highest BCUT2D eigenvalue weighted by molar-refractivity contribution is 5.87. The molecule has 0 bridgehead atoms. The molecule has 2 aliphatic heterocycles. The predicted octanol–water partition coefficient (Wildman–Crippen LogP) is 5.46. The van der Waals surface area contributed by atoms with Gasteiger partial charge in [0.25, 0.3) is 0 Å². The van der Waals surface area contributed by atoms with E-state index in [0.717, 1.165) is 42.5 Å². The number of imidazole rings is 3. The normalized spacial score (nSPS) is 18.1. The van der Waals surface area contributed by atoms with Crippen molar-refractivity contribution in [1.82, 2.24) is 49.8 Å². The van der Waals surface area contributed by atoms with Crippen LogP contribution in [0.1, 0.15) is 77.1 Å². The molecule has 4 amide bonds. The van der Waals surface area contributed by atoms with Crippen LogP contribution in [-0.4, -0.2) is 103 Å². The van der Waals surface area contributed by atoms with Crippen molar-refractivity contribution in [3.05, 3.63) is 60.7 Å². The summed E-state index contributed by atoms with van der Waals surface area (Å²) in [6, 6.07) is 5.99. The van der Waals surface area contributed by atoms with Crippen molar-refractivity contribution >= 4 is 29.8 Å². The van der Waals surface area contributed by atoms with E-state index >= 15 is 0 Å². The SMILES string of the molecule is COC(=O)NC(C(=O)N1CCCC1c1ncc(-c2ccc(-c3cn4cc(-c5cnc(C6CCCN6C(=O)C(NC(=O)OC)C(C)C)[nH]5)nc4o3)cc2)[nH]1)C(C)C. The van der Waals surface area contributed by atoms with Crippen LogP contribution < -0.4 is 10.6 Å². The van der Waals surface area contributed by atoms with Crippen molar-refractivity contribution < 1.29 is 33.1 Å². The number of fused-ring (bicyclic) bond motifs is 1. The third kappa shape index (κ3) is 7.57. The molecule has 2 fully saturated rings. The second kappa shape index (κ2) is 15.9. The summed E-state index contributed by atoms with van der Waals surface area (Å²) >= 11 is 0. The molecule has 17 nitrogen and oxygen atoms in total. The summed E-state index contributed by atoms with van der Waals surface area (Å²) in [4.78, 5) is 75.2. The largest absolute Gasteiger partial charge is 0.453 e. The first-order valence-corrected chi connectivity index (χ1v) is 18.9. The zero-order valence-electron chi connectivity index (χ0n) is 32.4. The van der Waals surface area contributed by atoms with Gasteiger partial charge in [-0.15, -0.1) is 0 Å². The Morgan fingerprint density at radius 2 is 1.25 bits per heavy atom. The molecule has 7 rings (SSSR count). The first-order chi connectivity index (χ1) is 26.9. The van der Waals surface area contributed by atoms with Crippen LogP contribution in [0, 0.1) is 11.8 Å². The molecule has 1 aromatic carbocycles. The number of rotatable bonds is 11. The van der Waals surface area contributed by atoms with Crippen LogP contribution in [0.3, 0.4) is 0 Å². The molecule has 4 atom stereocenters. The molecule has 4 N–H and O–H groups in total. The van der Waals surface area contributed by atoms with E-state index in [2.05, 4.69) is 30.6 Å². The molecular weight excluding hydrogens is 720 g/mol. The fourth-order valence-electron chi connectivity index (χ4n) is 7.55. The number of oxazole rings is 1. The lowest BCUT2D eigenvalue weighted by molar-refractivity contribution is -0.136. The molecule has 296 valence electrons. The number of aromatic nitrogens is 6. The quantitative estimate of drug-likeness (QED) is 0.134. The average molecular weight is 769 g/mol. The summed E-state index contributed by atoms with van der Waals surface area (Å²) in [5, 5.41) is 5.36. The Morgan fingerprint density at radius 1 is 0.750 bits per heavy atom. The molecule has 0 spiro atoms. The minimum Gasteiger partial charge on any atom is -0.453 e. The van der Waals surface area contributed by atoms with Crippen molar-refractivity contribution in [3.63, 3.8) is 0 Å². The summed E-state index contributed by atoms with van der Waals surface area (Å²) in [7, 11) is 2.56. The first kappa shape index (κ1) is 38.2. The lowest BCUT2D eigenvalue weighted by Crippen LogP contribution is -2.51. The summed E-state index contributed by atoms with van der Waals surface area (Å²) < 4.78 is 17.5. The second-order valence-electron chi connectivity index (χ2n) is 14.9. The van der Waals surface area contributed by atoms with Crippen LogP contribution in [0.2, 0.25) is 0 Å². The van der Waals surface area contributed by atoms with E-state index in [1.165, 1.54) is 14.2 Å². The van der Waals surface area contributed by atoms with Gasteiger partial charge in [0.2, 0.25) is 11.8 Å². The van der Waals surface area contributed by atoms with Gasteiger partial charge in [-0.25, -0.2) is 19.6 Å². The second-order valence-corrected chi connectivity index (χ2v) is 14.9. The molecule has 0 radical (unpaired) electrons. The molecule has 2 aliphatic rings. The van der Waals surface area contributed by atoms with Crippen molar-refractivity contribution in [3.8, 4) is 34.0 Å². The maximum Gasteiger partial charge on any atom is 0.407 e. The van der Waals surface area contributed by atoms with Crippen LogP contribution in [-0.2, 0) is 19.1 Å². The summed E-state index contributed by atoms with van der Waals surface area (Å²) in [6.45, 7) is 8.69. The zero-order valence-corrected chi connectivity index (χ0v) is 32.4. The van der Waals surface area contributed by atoms with Gasteiger partial charge in [-0.1, -0.05) is 52.0 Å². The minimum absolute atomic E-state index is 0.116. The van der Waals surface area contributed by atoms with Gasteiger partial charge in [-0.2, -0.15) is 4.98 Å². The predicted molar refractivity (Wildman–Crippen MR) is 204 cm³/mol. The zero-order chi connectivity index (χ0) is 39.7. The lowest BCUT2D eigenvalue weighted by atomic mass is 10.0. The van der Waals surface area contributed by atoms with Gasteiger partial charge in [0.1, 0.15) is 29.4 Å². The number of nitrogens with one attached hydrogen (secondary N) is 4. The summed E-state index contributed by atoms with van der Waals surface area (Å²) in [6.07, 6.45) is 9.09. The third-order valence-electron chi connectivity index (χ3n) is 10.6. The standard InChI is InChI=1S/C39H48N10O7/c1-21(2)31(45-38(52)54-5)35(50)48-15-7-9-28(48)33-40-17-25(42-33)23-11-13-24(14-12-23)30-20-47-19-27(44-37(47)56-30)26-18-41-34(43-26)29-10-8-16-49(29)36(51)32(22(3)4)46-39(53)55-6/h11-14,17-22,28-29,31-32H,7-10,15-16H2,1-6H3,(H,40,42)(H,41,43)(H,45,52)(H,46,53). The van der Waals surface area contributed by atoms with Crippen molar-refractivity contribution in [2.75, 3.05) is 27.3 Å². The molecule has 0 saturated carbocycles. The van der Waals surface area contributed by atoms with Crippen LogP contribution in [0.25, 0.3) is 39.8 Å². The van der Waals surface area contributed by atoms with Crippen LogP contribution in [0.15, 0.2) is 53.5 Å². The first-order valence-electron chi connectivity index (χ1n) is 18.9. The number of carbonyl (C=O) groups excluding carboxylic acids is 4. The van der Waals surface area contributed by atoms with Gasteiger partial charge in [0, 0.05) is 24.8 Å². The van der Waals surface area contributed by atoms with Gasteiger partial charge in [0.05, 0.1) is 56.3 Å². The van der Waals surface area contributed by atoms with Crippen molar-refractivity contribution in [2.45, 2.75) is 77.5 Å². The van der Waals surface area contributed by atoms with Crippen molar-refractivity contribution in [2.24, 2.45) is 11.8 Å². The number of nitrogens with zero attached hydrogens (tertiary/aromatic N) is 6. The van der Waals surface area contributed by atoms with E-state index in [4.69, 9.17) is 18.9 Å². The third-order valence-corrected chi connectivity index (χ3v) is 10.6. The monoisotopic (exact) mass is 768 g/mol. The van der Waals surface area contributed by atoms with Crippen molar-refractivity contribution in [1.29, 1.82) is 0 Å². The van der Waals surface area contributed by atoms with Gasteiger partial charge < -0.3 is 44.3 Å². The molecule has 0 aliphatic carbocycles. The maximum absolute atomic E-state index is 13.5. The Morgan fingerprint density at radius 3 is 1.75 bits per heavy atom. The van der Waals surface area contributed by atoms with E-state index in [-0.39, 0.29) is 35.7 Å². The molecule has 17 heteroatoms. The topological polar surface area (TPSA) is 205 Å². The Bertz CT molecular complexity index is 2170. The van der Waals surface area contributed by atoms with E-state index in [1.807, 2.05) is 68.8 Å². The average Bonchev–Trinajstić information content (AvgIpc) is 4.04. The Hall–Kier alpha value is -6.13. The molecular formula is C39H48N10O7. The number of aromatic amines is 2. The number of hydrogen-bond donors (Lipinski definition) is 4. The van der Waals surface area contributed by atoms with E-state index in [9.17, 15) is 19.2 Å². The maximum atomic E-state index is 13.5. The fourth-order valence-corrected chi connectivity index (χ4v) is 7.55. The fraction of sp³-hybridized carbons (Fsp3) is 0.462. The Labute approximate surface area is 323 Å². The van der Waals surface area contributed by atoms with E-state index < -0.39 is 24.3 Å². The highest BCUT2D eigenvalue weighted by Gasteiger charge is 2.39. The molecule has 5 aromatic rings. The smallest absolute Gasteiger partial charge is 0.407 e. The number of H-pyrrole nitrogens is 2. The van der Waals surface area contributed by atoms with Crippen LogP contribution in [0.5, 0.6) is 0 Å². The summed E-state index contributed by atoms with van der Waals surface area (Å²) in [5.74, 6) is 1.84. The molecule has 2 saturated heterocycles. The molecule has 6 heterocycles. The van der Waals surface area contributed by atoms with E-state index in [0.29, 0.717) is 47.7 Å². The number of benzene rings is 1. The van der Waals surface area contributed by atoms with E-state index in [1.54, 1.807) is 22.2 Å². The van der Waals surface area contributed by atoms with Gasteiger partial charge in [-0.05, 0) is 43.1 Å². The van der Waals surface area contributed by atoms with Gasteiger partial charge in [-0.3, -0.25) is 14.0 Å². The van der Waals surface area contributed by atoms with Crippen LogP contribution in [0.4, 0.5) is 9.59 Å². The number of amides is 4. The minimum atomic E-state index is -0.712. The molecule has 4 aromatic heterocycles. The molecule has 4 unspecified atom stereocenters. The number of methoxy groups -OCH3 is 2. The number of alkyl carbamates (subject to hydrolysis) is 2. The number of hydrogen-bond acceptors (Lipinski definition) is 10. The highest BCUT2D eigenvalue weighted by Crippen LogP contribution is 2.35. The Balaban J connectivity index is 1.02. The van der Waals surface area contributed by atoms with Gasteiger partial charge in [0.15, 0.2) is 5.76 Å². The number of likely N-dealkylation sites (tertiary alicyclic amines) is 2. The molecule has 56 heavy (non-hydrogen) atoms.